The number of thioether (sulfide) groups is 1. The maximum absolute atomic E-state index is 11.2. The van der Waals surface area contributed by atoms with E-state index in [1.807, 2.05) is 24.3 Å². The van der Waals surface area contributed by atoms with Crippen LogP contribution in [0.25, 0.3) is 11.1 Å². The third-order valence-corrected chi connectivity index (χ3v) is 3.15. The van der Waals surface area contributed by atoms with E-state index in [2.05, 4.69) is 4.98 Å². The van der Waals surface area contributed by atoms with Gasteiger partial charge in [0.05, 0.1) is 6.26 Å². The molecule has 0 bridgehead atoms. The lowest BCUT2D eigenvalue weighted by Crippen LogP contribution is -2.09. The summed E-state index contributed by atoms with van der Waals surface area (Å²) in [5.41, 5.74) is 1.51. The fourth-order valence-electron chi connectivity index (χ4n) is 1.42. The van der Waals surface area contributed by atoms with Crippen molar-refractivity contribution >= 4 is 28.8 Å². The average molecular weight is 233 g/mol. The molecule has 0 spiro atoms. The Labute approximate surface area is 95.3 Å². The Morgan fingerprint density at radius 2 is 2.19 bits per heavy atom. The van der Waals surface area contributed by atoms with Crippen molar-refractivity contribution in [1.82, 2.24) is 4.98 Å². The summed E-state index contributed by atoms with van der Waals surface area (Å²) in [5.74, 6) is -0.285. The second-order valence-electron chi connectivity index (χ2n) is 3.25. The van der Waals surface area contributed by atoms with Crippen LogP contribution >= 0.6 is 11.8 Å². The second-order valence-corrected chi connectivity index (χ2v) is 4.34. The third-order valence-electron chi connectivity index (χ3n) is 2.17. The summed E-state index contributed by atoms with van der Waals surface area (Å²) in [7, 11) is 0. The Balaban J connectivity index is 1.89. The lowest BCUT2D eigenvalue weighted by atomic mass is 10.3. The molecule has 0 N–H and O–H groups in total. The Morgan fingerprint density at radius 3 is 2.94 bits per heavy atom. The molecule has 3 rings (SSSR count). The molecule has 0 radical (unpaired) electrons. The highest BCUT2D eigenvalue weighted by Crippen LogP contribution is 2.29. The number of esters is 1. The zero-order valence-electron chi connectivity index (χ0n) is 8.12. The second kappa shape index (κ2) is 3.68. The summed E-state index contributed by atoms with van der Waals surface area (Å²) in [6.07, 6.45) is 3.07. The van der Waals surface area contributed by atoms with E-state index >= 15 is 0 Å². The van der Waals surface area contributed by atoms with Gasteiger partial charge < -0.3 is 9.15 Å². The summed E-state index contributed by atoms with van der Waals surface area (Å²) in [4.78, 5) is 15.5. The Bertz CT molecular complexity index is 542. The molecule has 1 aromatic heterocycles. The van der Waals surface area contributed by atoms with Gasteiger partial charge in [-0.25, -0.2) is 4.98 Å². The fraction of sp³-hybridized carbons (Fsp3) is 0.0909. The molecular weight excluding hydrogens is 226 g/mol. The molecule has 1 atom stereocenters. The molecule has 16 heavy (non-hydrogen) atoms. The Kier molecular flexibility index (Phi) is 2.18. The highest BCUT2D eigenvalue weighted by molar-refractivity contribution is 8.00. The number of oxazole rings is 1. The summed E-state index contributed by atoms with van der Waals surface area (Å²) in [6.45, 7) is 0. The third kappa shape index (κ3) is 1.59. The van der Waals surface area contributed by atoms with Crippen LogP contribution in [0.3, 0.4) is 0 Å². The van der Waals surface area contributed by atoms with E-state index in [9.17, 15) is 4.79 Å². The van der Waals surface area contributed by atoms with Crippen molar-refractivity contribution in [3.05, 3.63) is 36.6 Å². The maximum Gasteiger partial charge on any atom is 0.328 e. The van der Waals surface area contributed by atoms with Crippen molar-refractivity contribution in [3.8, 4) is 0 Å². The molecule has 0 saturated heterocycles. The van der Waals surface area contributed by atoms with E-state index in [4.69, 9.17) is 9.15 Å². The van der Waals surface area contributed by atoms with Crippen LogP contribution < -0.4 is 0 Å². The van der Waals surface area contributed by atoms with E-state index in [1.54, 1.807) is 6.08 Å². The molecular formula is C11H7NO3S. The normalized spacial score (nSPS) is 19.2. The van der Waals surface area contributed by atoms with Crippen LogP contribution in [0, 0.1) is 0 Å². The van der Waals surface area contributed by atoms with Crippen molar-refractivity contribution in [3.63, 3.8) is 0 Å². The first-order valence-electron chi connectivity index (χ1n) is 4.72. The lowest BCUT2D eigenvalue weighted by Gasteiger charge is -1.98. The SMILES string of the molecule is O=C1OC=CC1Sc1nc2ccccc2o1. The average Bonchev–Trinajstić information content (AvgIpc) is 2.85. The van der Waals surface area contributed by atoms with E-state index in [0.29, 0.717) is 5.22 Å². The van der Waals surface area contributed by atoms with Gasteiger partial charge in [0.25, 0.3) is 5.22 Å². The quantitative estimate of drug-likeness (QED) is 0.745. The summed E-state index contributed by atoms with van der Waals surface area (Å²) in [5, 5.41) is 0.128. The minimum Gasteiger partial charge on any atom is -0.434 e. The zero-order chi connectivity index (χ0) is 11.0. The van der Waals surface area contributed by atoms with E-state index in [-0.39, 0.29) is 11.2 Å². The van der Waals surface area contributed by atoms with Crippen LogP contribution in [-0.2, 0) is 9.53 Å². The fourth-order valence-corrected chi connectivity index (χ4v) is 2.22. The van der Waals surface area contributed by atoms with E-state index < -0.39 is 0 Å². The largest absolute Gasteiger partial charge is 0.434 e. The minimum absolute atomic E-state index is 0.285. The van der Waals surface area contributed by atoms with Gasteiger partial charge in [0, 0.05) is 0 Å². The summed E-state index contributed by atoms with van der Waals surface area (Å²) in [6, 6.07) is 7.48. The number of nitrogens with zero attached hydrogens (tertiary/aromatic N) is 1. The molecule has 2 aromatic rings. The number of ether oxygens (including phenoxy) is 1. The number of para-hydroxylation sites is 2. The molecule has 2 heterocycles. The van der Waals surface area contributed by atoms with Crippen molar-refractivity contribution in [2.45, 2.75) is 10.5 Å². The highest BCUT2D eigenvalue weighted by Gasteiger charge is 2.25. The predicted octanol–water partition coefficient (Wildman–Crippen LogP) is 2.36. The van der Waals surface area contributed by atoms with Crippen LogP contribution in [0.5, 0.6) is 0 Å². The number of hydrogen-bond donors (Lipinski definition) is 0. The van der Waals surface area contributed by atoms with E-state index in [1.165, 1.54) is 18.0 Å². The summed E-state index contributed by atoms with van der Waals surface area (Å²) >= 11 is 1.25. The standard InChI is InChI=1S/C11H7NO3S/c13-10-9(5-6-14-10)16-11-12-7-3-1-2-4-8(7)15-11/h1-6,9H. The molecule has 0 fully saturated rings. The smallest absolute Gasteiger partial charge is 0.328 e. The maximum atomic E-state index is 11.2. The Morgan fingerprint density at radius 1 is 1.31 bits per heavy atom. The van der Waals surface area contributed by atoms with Crippen molar-refractivity contribution in [2.24, 2.45) is 0 Å². The number of carbonyl (C=O) groups is 1. The van der Waals surface area contributed by atoms with Crippen LogP contribution in [-0.4, -0.2) is 16.2 Å². The number of carbonyl (C=O) groups excluding carboxylic acids is 1. The minimum atomic E-state index is -0.354. The first kappa shape index (κ1) is 9.47. The molecule has 0 saturated carbocycles. The van der Waals surface area contributed by atoms with Gasteiger partial charge in [0.15, 0.2) is 5.58 Å². The van der Waals surface area contributed by atoms with Gasteiger partial charge in [-0.1, -0.05) is 12.1 Å². The monoisotopic (exact) mass is 233 g/mol. The number of benzene rings is 1. The van der Waals surface area contributed by atoms with Crippen molar-refractivity contribution in [1.29, 1.82) is 0 Å². The first-order chi connectivity index (χ1) is 7.83. The first-order valence-corrected chi connectivity index (χ1v) is 5.60. The van der Waals surface area contributed by atoms with Gasteiger partial charge >= 0.3 is 5.97 Å². The van der Waals surface area contributed by atoms with Gasteiger partial charge in [0.2, 0.25) is 0 Å². The van der Waals surface area contributed by atoms with Crippen LogP contribution in [0.15, 0.2) is 46.2 Å². The number of hydrogen-bond acceptors (Lipinski definition) is 5. The molecule has 1 unspecified atom stereocenters. The molecule has 1 aliphatic rings. The van der Waals surface area contributed by atoms with E-state index in [0.717, 1.165) is 11.1 Å². The number of rotatable bonds is 2. The Hall–Kier alpha value is -1.75. The molecule has 4 nitrogen and oxygen atoms in total. The van der Waals surface area contributed by atoms with Gasteiger partial charge in [-0.15, -0.1) is 0 Å². The molecule has 5 heteroatoms. The van der Waals surface area contributed by atoms with Crippen LogP contribution in [0.4, 0.5) is 0 Å². The van der Waals surface area contributed by atoms with Crippen molar-refractivity contribution in [2.75, 3.05) is 0 Å². The van der Waals surface area contributed by atoms with Crippen LogP contribution in [0.2, 0.25) is 0 Å². The molecule has 0 amide bonds. The van der Waals surface area contributed by atoms with Gasteiger partial charge in [-0.2, -0.15) is 0 Å². The van der Waals surface area contributed by atoms with Gasteiger partial charge in [-0.3, -0.25) is 4.79 Å². The molecule has 1 aromatic carbocycles. The number of fused-ring (bicyclic) bond motifs is 1. The van der Waals surface area contributed by atoms with Crippen molar-refractivity contribution < 1.29 is 13.9 Å². The highest BCUT2D eigenvalue weighted by atomic mass is 32.2. The molecule has 80 valence electrons. The van der Waals surface area contributed by atoms with Gasteiger partial charge in [-0.05, 0) is 30.0 Å². The van der Waals surface area contributed by atoms with Gasteiger partial charge in [0.1, 0.15) is 10.8 Å². The summed E-state index contributed by atoms with van der Waals surface area (Å²) < 4.78 is 10.2. The lowest BCUT2D eigenvalue weighted by molar-refractivity contribution is -0.134. The number of aromatic nitrogens is 1. The van der Waals surface area contributed by atoms with Crippen LogP contribution in [0.1, 0.15) is 0 Å². The molecule has 0 aliphatic carbocycles. The molecule has 1 aliphatic heterocycles. The topological polar surface area (TPSA) is 52.3 Å². The predicted molar refractivity (Wildman–Crippen MR) is 58.9 cm³/mol. The number of cyclic esters (lactones) is 1. The zero-order valence-corrected chi connectivity index (χ0v) is 8.94.